The average molecular weight is 230 g/mol. The van der Waals surface area contributed by atoms with Gasteiger partial charge >= 0.3 is 0 Å². The molecule has 2 aromatic rings. The largest absolute Gasteiger partial charge is 0.507 e. The van der Waals surface area contributed by atoms with Crippen LogP contribution in [0.3, 0.4) is 0 Å². The van der Waals surface area contributed by atoms with Gasteiger partial charge in [0, 0.05) is 25.5 Å². The number of aromatic hydroxyl groups is 1. The number of carbonyl (C=O) groups is 1. The van der Waals surface area contributed by atoms with Crippen LogP contribution >= 0.6 is 0 Å². The predicted octanol–water partition coefficient (Wildman–Crippen LogP) is 1.62. The van der Waals surface area contributed by atoms with Crippen molar-refractivity contribution >= 4 is 5.91 Å². The zero-order chi connectivity index (χ0) is 12.1. The quantitative estimate of drug-likeness (QED) is 0.838. The summed E-state index contributed by atoms with van der Waals surface area (Å²) >= 11 is 0. The summed E-state index contributed by atoms with van der Waals surface area (Å²) in [7, 11) is 0. The van der Waals surface area contributed by atoms with Crippen LogP contribution in [0.5, 0.6) is 5.75 Å². The Morgan fingerprint density at radius 3 is 2.59 bits per heavy atom. The molecule has 0 saturated carbocycles. The molecule has 1 aromatic heterocycles. The minimum atomic E-state index is -0.254. The highest BCUT2D eigenvalue weighted by Gasteiger charge is 2.08. The lowest BCUT2D eigenvalue weighted by Gasteiger charge is -2.07. The summed E-state index contributed by atoms with van der Waals surface area (Å²) in [6.07, 6.45) is 3.87. The predicted molar refractivity (Wildman–Crippen MR) is 64.9 cm³/mol. The molecule has 0 aliphatic carbocycles. The van der Waals surface area contributed by atoms with Gasteiger partial charge in [0.2, 0.25) is 0 Å². The maximum Gasteiger partial charge on any atom is 0.255 e. The molecule has 0 saturated heterocycles. The highest BCUT2D eigenvalue weighted by atomic mass is 16.3. The van der Waals surface area contributed by atoms with E-state index in [1.807, 2.05) is 29.1 Å². The zero-order valence-corrected chi connectivity index (χ0v) is 9.34. The summed E-state index contributed by atoms with van der Waals surface area (Å²) in [5.41, 5.74) is 0.306. The minimum absolute atomic E-state index is 0.00552. The molecule has 1 aromatic carbocycles. The van der Waals surface area contributed by atoms with Gasteiger partial charge in [-0.1, -0.05) is 12.1 Å². The van der Waals surface area contributed by atoms with Crippen LogP contribution in [0.1, 0.15) is 10.4 Å². The monoisotopic (exact) mass is 230 g/mol. The van der Waals surface area contributed by atoms with E-state index in [1.165, 1.54) is 6.07 Å². The number of rotatable bonds is 4. The van der Waals surface area contributed by atoms with Crippen molar-refractivity contribution in [3.8, 4) is 5.75 Å². The second kappa shape index (κ2) is 5.21. The fourth-order valence-corrected chi connectivity index (χ4v) is 1.58. The number of phenolic OH excluding ortho intramolecular Hbond substituents is 1. The molecule has 0 spiro atoms. The number of hydrogen-bond acceptors (Lipinski definition) is 2. The molecule has 0 fully saturated rings. The van der Waals surface area contributed by atoms with Crippen molar-refractivity contribution in [3.63, 3.8) is 0 Å². The zero-order valence-electron chi connectivity index (χ0n) is 9.34. The van der Waals surface area contributed by atoms with Crippen LogP contribution in [0.2, 0.25) is 0 Å². The van der Waals surface area contributed by atoms with Crippen LogP contribution in [-0.2, 0) is 6.54 Å². The Morgan fingerprint density at radius 2 is 1.88 bits per heavy atom. The van der Waals surface area contributed by atoms with Gasteiger partial charge in [-0.25, -0.2) is 0 Å². The maximum atomic E-state index is 11.7. The molecular formula is C13H14N2O2. The fourth-order valence-electron chi connectivity index (χ4n) is 1.58. The van der Waals surface area contributed by atoms with Gasteiger partial charge < -0.3 is 15.0 Å². The fraction of sp³-hybridized carbons (Fsp3) is 0.154. The van der Waals surface area contributed by atoms with Crippen molar-refractivity contribution in [2.75, 3.05) is 6.54 Å². The van der Waals surface area contributed by atoms with Crippen LogP contribution in [0.25, 0.3) is 0 Å². The van der Waals surface area contributed by atoms with Crippen molar-refractivity contribution in [1.82, 2.24) is 9.88 Å². The number of phenols is 1. The first-order chi connectivity index (χ1) is 8.27. The molecule has 2 rings (SSSR count). The number of hydrogen-bond donors (Lipinski definition) is 2. The van der Waals surface area contributed by atoms with Crippen LogP contribution in [-0.4, -0.2) is 22.1 Å². The highest BCUT2D eigenvalue weighted by Crippen LogP contribution is 2.14. The summed E-state index contributed by atoms with van der Waals surface area (Å²) in [5.74, 6) is -0.249. The molecule has 4 heteroatoms. The van der Waals surface area contributed by atoms with E-state index in [1.54, 1.807) is 18.2 Å². The Balaban J connectivity index is 1.88. The minimum Gasteiger partial charge on any atom is -0.507 e. The Labute approximate surface area is 99.5 Å². The molecule has 2 N–H and O–H groups in total. The summed E-state index contributed by atoms with van der Waals surface area (Å²) < 4.78 is 1.98. The summed E-state index contributed by atoms with van der Waals surface area (Å²) in [4.78, 5) is 11.7. The first-order valence-corrected chi connectivity index (χ1v) is 5.44. The Hall–Kier alpha value is -2.23. The van der Waals surface area contributed by atoms with Gasteiger partial charge in [0.25, 0.3) is 5.91 Å². The van der Waals surface area contributed by atoms with Gasteiger partial charge in [-0.2, -0.15) is 0 Å². The summed E-state index contributed by atoms with van der Waals surface area (Å²) in [6, 6.07) is 10.4. The highest BCUT2D eigenvalue weighted by molar-refractivity contribution is 5.96. The Kier molecular flexibility index (Phi) is 3.45. The van der Waals surface area contributed by atoms with Gasteiger partial charge in [0.15, 0.2) is 0 Å². The summed E-state index contributed by atoms with van der Waals surface area (Å²) in [5, 5.41) is 12.3. The van der Waals surface area contributed by atoms with Crippen LogP contribution in [0.15, 0.2) is 48.8 Å². The SMILES string of the molecule is O=C(NCCn1cccc1)c1ccccc1O. The van der Waals surface area contributed by atoms with E-state index < -0.39 is 0 Å². The number of aromatic nitrogens is 1. The normalized spacial score (nSPS) is 10.1. The molecule has 4 nitrogen and oxygen atoms in total. The Bertz CT molecular complexity index is 492. The second-order valence-electron chi connectivity index (χ2n) is 3.69. The standard InChI is InChI=1S/C13H14N2O2/c16-12-6-2-1-5-11(12)13(17)14-7-10-15-8-3-4-9-15/h1-6,8-9,16H,7,10H2,(H,14,17). The van der Waals surface area contributed by atoms with E-state index in [-0.39, 0.29) is 11.7 Å². The lowest BCUT2D eigenvalue weighted by atomic mass is 10.2. The topological polar surface area (TPSA) is 54.3 Å². The molecule has 0 aliphatic rings. The number of benzene rings is 1. The van der Waals surface area contributed by atoms with E-state index >= 15 is 0 Å². The first-order valence-electron chi connectivity index (χ1n) is 5.44. The third-order valence-corrected chi connectivity index (χ3v) is 2.47. The van der Waals surface area contributed by atoms with E-state index in [4.69, 9.17) is 0 Å². The van der Waals surface area contributed by atoms with Crippen LogP contribution in [0, 0.1) is 0 Å². The van der Waals surface area contributed by atoms with Crippen molar-refractivity contribution in [1.29, 1.82) is 0 Å². The van der Waals surface area contributed by atoms with Gasteiger partial charge in [-0.3, -0.25) is 4.79 Å². The molecule has 17 heavy (non-hydrogen) atoms. The van der Waals surface area contributed by atoms with Gasteiger partial charge in [0.05, 0.1) is 5.56 Å². The van der Waals surface area contributed by atoms with Crippen molar-refractivity contribution in [3.05, 3.63) is 54.4 Å². The number of para-hydroxylation sites is 1. The number of amides is 1. The lowest BCUT2D eigenvalue weighted by molar-refractivity contribution is 0.0949. The van der Waals surface area contributed by atoms with Gasteiger partial charge in [0.1, 0.15) is 5.75 Å². The van der Waals surface area contributed by atoms with Crippen molar-refractivity contribution < 1.29 is 9.90 Å². The van der Waals surface area contributed by atoms with Gasteiger partial charge in [-0.15, -0.1) is 0 Å². The smallest absolute Gasteiger partial charge is 0.255 e. The number of carbonyl (C=O) groups excluding carboxylic acids is 1. The third kappa shape index (κ3) is 2.87. The molecule has 0 bridgehead atoms. The van der Waals surface area contributed by atoms with E-state index in [0.29, 0.717) is 18.7 Å². The van der Waals surface area contributed by atoms with E-state index in [9.17, 15) is 9.90 Å². The molecule has 1 heterocycles. The maximum absolute atomic E-state index is 11.7. The van der Waals surface area contributed by atoms with Crippen LogP contribution in [0.4, 0.5) is 0 Å². The lowest BCUT2D eigenvalue weighted by Crippen LogP contribution is -2.26. The molecule has 0 atom stereocenters. The molecule has 0 aliphatic heterocycles. The molecule has 88 valence electrons. The van der Waals surface area contributed by atoms with E-state index in [0.717, 1.165) is 0 Å². The second-order valence-corrected chi connectivity index (χ2v) is 3.69. The molecule has 0 radical (unpaired) electrons. The number of nitrogens with zero attached hydrogens (tertiary/aromatic N) is 1. The first kappa shape index (κ1) is 11.3. The molecule has 1 amide bonds. The summed E-state index contributed by atoms with van der Waals surface area (Å²) in [6.45, 7) is 1.24. The Morgan fingerprint density at radius 1 is 1.18 bits per heavy atom. The number of nitrogens with one attached hydrogen (secondary N) is 1. The van der Waals surface area contributed by atoms with Crippen LogP contribution < -0.4 is 5.32 Å². The van der Waals surface area contributed by atoms with Crippen molar-refractivity contribution in [2.24, 2.45) is 0 Å². The van der Waals surface area contributed by atoms with E-state index in [2.05, 4.69) is 5.32 Å². The third-order valence-electron chi connectivity index (χ3n) is 2.47. The van der Waals surface area contributed by atoms with Gasteiger partial charge in [-0.05, 0) is 24.3 Å². The van der Waals surface area contributed by atoms with Crippen molar-refractivity contribution in [2.45, 2.75) is 6.54 Å². The average Bonchev–Trinajstić information content (AvgIpc) is 2.82. The molecular weight excluding hydrogens is 216 g/mol. The molecule has 0 unspecified atom stereocenters.